The number of oxazole rings is 1. The second kappa shape index (κ2) is 3.51. The molecule has 0 unspecified atom stereocenters. The normalized spacial score (nSPS) is 12.4. The van der Waals surface area contributed by atoms with Crippen LogP contribution >= 0.6 is 11.3 Å². The van der Waals surface area contributed by atoms with E-state index in [2.05, 4.69) is 20.3 Å². The van der Waals surface area contributed by atoms with E-state index in [1.807, 2.05) is 0 Å². The van der Waals surface area contributed by atoms with Gasteiger partial charge in [-0.1, -0.05) is 11.3 Å². The molecule has 0 saturated carbocycles. The summed E-state index contributed by atoms with van der Waals surface area (Å²) in [5, 5.41) is 10.4. The van der Waals surface area contributed by atoms with Gasteiger partial charge in [-0.3, -0.25) is 0 Å². The van der Waals surface area contributed by atoms with E-state index in [1.54, 1.807) is 6.92 Å². The zero-order valence-corrected chi connectivity index (χ0v) is 9.58. The van der Waals surface area contributed by atoms with Crippen molar-refractivity contribution in [2.24, 2.45) is 0 Å². The Morgan fingerprint density at radius 3 is 2.72 bits per heavy atom. The largest absolute Gasteiger partial charge is 0.453 e. The van der Waals surface area contributed by atoms with Gasteiger partial charge in [0, 0.05) is 0 Å². The van der Waals surface area contributed by atoms with Crippen molar-refractivity contribution in [3.8, 4) is 10.9 Å². The van der Waals surface area contributed by atoms with Gasteiger partial charge in [0.15, 0.2) is 0 Å². The summed E-state index contributed by atoms with van der Waals surface area (Å²) in [6.07, 6.45) is -3.21. The van der Waals surface area contributed by atoms with E-state index in [-0.39, 0.29) is 15.9 Å². The number of alkyl halides is 3. The Morgan fingerprint density at radius 1 is 1.33 bits per heavy atom. The van der Waals surface area contributed by atoms with Crippen LogP contribution in [0.2, 0.25) is 0 Å². The minimum atomic E-state index is -4.60. The summed E-state index contributed by atoms with van der Waals surface area (Å²) in [4.78, 5) is 4.02. The molecule has 0 bridgehead atoms. The molecule has 3 aromatic rings. The second-order valence-corrected chi connectivity index (χ2v) is 4.37. The molecule has 10 heteroatoms. The van der Waals surface area contributed by atoms with Crippen molar-refractivity contribution in [3.05, 3.63) is 17.8 Å². The van der Waals surface area contributed by atoms with E-state index in [0.717, 1.165) is 11.3 Å². The first-order valence-electron chi connectivity index (χ1n) is 4.67. The Bertz CT molecular complexity index is 712. The first-order chi connectivity index (χ1) is 8.45. The minimum absolute atomic E-state index is 0.0354. The van der Waals surface area contributed by atoms with Crippen LogP contribution < -0.4 is 0 Å². The van der Waals surface area contributed by atoms with Crippen LogP contribution in [0.5, 0.6) is 0 Å². The minimum Gasteiger partial charge on any atom is -0.442 e. The molecular formula is C8H4F3N5OS. The molecule has 0 aromatic carbocycles. The van der Waals surface area contributed by atoms with Crippen LogP contribution in [0.4, 0.5) is 13.2 Å². The number of nitrogens with zero attached hydrogens (tertiary/aromatic N) is 5. The van der Waals surface area contributed by atoms with E-state index in [0.29, 0.717) is 10.2 Å². The maximum absolute atomic E-state index is 12.6. The summed E-state index contributed by atoms with van der Waals surface area (Å²) in [6, 6.07) is 0. The third-order valence-electron chi connectivity index (χ3n) is 2.05. The van der Waals surface area contributed by atoms with Gasteiger partial charge < -0.3 is 4.42 Å². The number of hydrogen-bond donors (Lipinski definition) is 0. The SMILES string of the molecule is Cc1coc(-c2nn3c(C(F)(F)F)nnc3s2)n1. The van der Waals surface area contributed by atoms with Crippen LogP contribution in [-0.4, -0.2) is 24.8 Å². The van der Waals surface area contributed by atoms with Crippen molar-refractivity contribution in [1.82, 2.24) is 24.8 Å². The molecule has 0 radical (unpaired) electrons. The molecule has 3 heterocycles. The van der Waals surface area contributed by atoms with Gasteiger partial charge in [-0.25, -0.2) is 4.98 Å². The van der Waals surface area contributed by atoms with Crippen molar-refractivity contribution >= 4 is 16.3 Å². The average Bonchev–Trinajstić information content (AvgIpc) is 2.87. The lowest BCUT2D eigenvalue weighted by molar-refractivity contribution is -0.146. The smallest absolute Gasteiger partial charge is 0.442 e. The monoisotopic (exact) mass is 275 g/mol. The Labute approximate surface area is 101 Å². The molecule has 0 N–H and O–H groups in total. The molecule has 0 aliphatic rings. The molecule has 6 nitrogen and oxygen atoms in total. The lowest BCUT2D eigenvalue weighted by Gasteiger charge is -1.99. The fourth-order valence-electron chi connectivity index (χ4n) is 1.33. The predicted molar refractivity (Wildman–Crippen MR) is 53.9 cm³/mol. The van der Waals surface area contributed by atoms with Crippen LogP contribution in [0.15, 0.2) is 10.7 Å². The molecule has 0 saturated heterocycles. The second-order valence-electron chi connectivity index (χ2n) is 3.42. The van der Waals surface area contributed by atoms with E-state index in [9.17, 15) is 13.2 Å². The molecule has 0 atom stereocenters. The highest BCUT2D eigenvalue weighted by atomic mass is 32.1. The van der Waals surface area contributed by atoms with E-state index in [1.165, 1.54) is 6.26 Å². The van der Waals surface area contributed by atoms with Gasteiger partial charge in [0.2, 0.25) is 9.97 Å². The highest BCUT2D eigenvalue weighted by molar-refractivity contribution is 7.19. The van der Waals surface area contributed by atoms with Crippen LogP contribution in [0.1, 0.15) is 11.5 Å². The van der Waals surface area contributed by atoms with Crippen molar-refractivity contribution in [3.63, 3.8) is 0 Å². The van der Waals surface area contributed by atoms with Gasteiger partial charge in [0.25, 0.3) is 11.7 Å². The first kappa shape index (κ1) is 11.1. The lowest BCUT2D eigenvalue weighted by atomic mass is 10.6. The summed E-state index contributed by atoms with van der Waals surface area (Å²) in [6.45, 7) is 1.70. The van der Waals surface area contributed by atoms with Crippen molar-refractivity contribution in [1.29, 1.82) is 0 Å². The summed E-state index contributed by atoms with van der Waals surface area (Å²) in [5.74, 6) is -1.00. The van der Waals surface area contributed by atoms with Crippen LogP contribution in [-0.2, 0) is 6.18 Å². The van der Waals surface area contributed by atoms with Gasteiger partial charge in [0.1, 0.15) is 6.26 Å². The summed E-state index contributed by atoms with van der Waals surface area (Å²) >= 11 is 0.923. The number of fused-ring (bicyclic) bond motifs is 1. The van der Waals surface area contributed by atoms with Crippen molar-refractivity contribution in [2.45, 2.75) is 13.1 Å². The fourth-order valence-corrected chi connectivity index (χ4v) is 2.10. The molecule has 0 fully saturated rings. The number of halogens is 3. The standard InChI is InChI=1S/C8H4F3N5OS/c1-3-2-17-4(12-3)5-15-16-6(8(9,10)11)13-14-7(16)18-5/h2H,1H3. The Hall–Kier alpha value is -1.97. The highest BCUT2D eigenvalue weighted by Crippen LogP contribution is 2.31. The molecule has 3 rings (SSSR count). The zero-order valence-electron chi connectivity index (χ0n) is 8.76. The number of aromatic nitrogens is 5. The molecule has 0 aliphatic heterocycles. The van der Waals surface area contributed by atoms with Crippen LogP contribution in [0.3, 0.4) is 0 Å². The number of aryl methyl sites for hydroxylation is 1. The molecule has 0 aliphatic carbocycles. The summed E-state index contributed by atoms with van der Waals surface area (Å²) in [5.41, 5.74) is 0.618. The first-order valence-corrected chi connectivity index (χ1v) is 5.49. The molecule has 0 amide bonds. The number of hydrogen-bond acceptors (Lipinski definition) is 6. The Morgan fingerprint density at radius 2 is 2.11 bits per heavy atom. The van der Waals surface area contributed by atoms with Gasteiger partial charge in [0.05, 0.1) is 5.69 Å². The third-order valence-corrected chi connectivity index (χ3v) is 2.93. The fraction of sp³-hybridized carbons (Fsp3) is 0.250. The lowest BCUT2D eigenvalue weighted by Crippen LogP contribution is -2.11. The molecule has 18 heavy (non-hydrogen) atoms. The topological polar surface area (TPSA) is 69.1 Å². The molecule has 94 valence electrons. The Balaban J connectivity index is 2.15. The van der Waals surface area contributed by atoms with E-state index < -0.39 is 12.0 Å². The molecule has 3 aromatic heterocycles. The van der Waals surface area contributed by atoms with Gasteiger partial charge >= 0.3 is 6.18 Å². The summed E-state index contributed by atoms with van der Waals surface area (Å²) < 4.78 is 43.4. The highest BCUT2D eigenvalue weighted by Gasteiger charge is 2.38. The van der Waals surface area contributed by atoms with Gasteiger partial charge in [-0.15, -0.1) is 15.3 Å². The van der Waals surface area contributed by atoms with Crippen LogP contribution in [0, 0.1) is 6.92 Å². The zero-order chi connectivity index (χ0) is 12.9. The summed E-state index contributed by atoms with van der Waals surface area (Å²) in [7, 11) is 0. The number of rotatable bonds is 1. The maximum atomic E-state index is 12.6. The quantitative estimate of drug-likeness (QED) is 0.680. The van der Waals surface area contributed by atoms with Crippen molar-refractivity contribution in [2.75, 3.05) is 0 Å². The molecular weight excluding hydrogens is 271 g/mol. The van der Waals surface area contributed by atoms with Gasteiger partial charge in [-0.05, 0) is 6.92 Å². The van der Waals surface area contributed by atoms with Crippen LogP contribution in [0.25, 0.3) is 15.9 Å². The Kier molecular flexibility index (Phi) is 2.17. The van der Waals surface area contributed by atoms with Gasteiger partial charge in [-0.2, -0.15) is 17.7 Å². The average molecular weight is 275 g/mol. The van der Waals surface area contributed by atoms with Crippen molar-refractivity contribution < 1.29 is 17.6 Å². The maximum Gasteiger partial charge on any atom is 0.453 e. The van der Waals surface area contributed by atoms with E-state index in [4.69, 9.17) is 4.42 Å². The molecule has 0 spiro atoms. The van der Waals surface area contributed by atoms with E-state index >= 15 is 0 Å². The predicted octanol–water partition coefficient (Wildman–Crippen LogP) is 2.17. The third kappa shape index (κ3) is 1.65.